The smallest absolute Gasteiger partial charge is 0.208 e. The van der Waals surface area contributed by atoms with Gasteiger partial charge in [-0.15, -0.1) is 0 Å². The summed E-state index contributed by atoms with van der Waals surface area (Å²) in [6.07, 6.45) is 4.29. The highest BCUT2D eigenvalue weighted by atomic mass is 32.2. The Labute approximate surface area is 69.2 Å². The normalized spacial score (nSPS) is 14.8. The molecule has 0 radical (unpaired) electrons. The van der Waals surface area contributed by atoms with Crippen LogP contribution in [0.3, 0.4) is 0 Å². The molecule has 0 aliphatic carbocycles. The van der Waals surface area contributed by atoms with Gasteiger partial charge in [0.1, 0.15) is 0 Å². The highest BCUT2D eigenvalue weighted by Crippen LogP contribution is 1.99. The zero-order chi connectivity index (χ0) is 8.91. The van der Waals surface area contributed by atoms with E-state index in [1.54, 1.807) is 0 Å². The predicted molar refractivity (Wildman–Crippen MR) is 47.0 cm³/mol. The maximum atomic E-state index is 10.7. The van der Waals surface area contributed by atoms with Gasteiger partial charge in [0.15, 0.2) is 0 Å². The molecule has 0 aromatic rings. The van der Waals surface area contributed by atoms with E-state index in [2.05, 4.69) is 11.6 Å². The Hall–Kier alpha value is -0.0900. The maximum absolute atomic E-state index is 10.7. The van der Waals surface area contributed by atoms with Gasteiger partial charge in [-0.05, 0) is 13.3 Å². The topological polar surface area (TPSA) is 46.2 Å². The third kappa shape index (κ3) is 7.81. The Bertz CT molecular complexity index is 187. The summed E-state index contributed by atoms with van der Waals surface area (Å²) in [5.41, 5.74) is 0. The van der Waals surface area contributed by atoms with Crippen molar-refractivity contribution in [2.75, 3.05) is 6.26 Å². The molecular weight excluding hydrogens is 162 g/mol. The van der Waals surface area contributed by atoms with E-state index in [1.807, 2.05) is 6.92 Å². The predicted octanol–water partition coefficient (Wildman–Crippen LogP) is 1.11. The van der Waals surface area contributed by atoms with Gasteiger partial charge in [0.25, 0.3) is 0 Å². The summed E-state index contributed by atoms with van der Waals surface area (Å²) in [6.45, 7) is 3.98. The van der Waals surface area contributed by atoms with Crippen molar-refractivity contribution in [2.45, 2.75) is 39.2 Å². The third-order valence-electron chi connectivity index (χ3n) is 1.41. The van der Waals surface area contributed by atoms with Crippen molar-refractivity contribution in [3.05, 3.63) is 0 Å². The second-order valence-electron chi connectivity index (χ2n) is 2.93. The first-order chi connectivity index (χ1) is 4.95. The Morgan fingerprint density at radius 1 is 1.45 bits per heavy atom. The van der Waals surface area contributed by atoms with Crippen molar-refractivity contribution < 1.29 is 8.42 Å². The van der Waals surface area contributed by atoms with Gasteiger partial charge in [-0.1, -0.05) is 19.8 Å². The molecule has 0 spiro atoms. The van der Waals surface area contributed by atoms with Crippen molar-refractivity contribution >= 4 is 10.0 Å². The first kappa shape index (κ1) is 10.9. The molecule has 3 nitrogen and oxygen atoms in total. The van der Waals surface area contributed by atoms with Gasteiger partial charge in [-0.3, -0.25) is 0 Å². The van der Waals surface area contributed by atoms with E-state index in [0.29, 0.717) is 0 Å². The number of sulfonamides is 1. The Kier molecular flexibility index (Phi) is 4.68. The van der Waals surface area contributed by atoms with Gasteiger partial charge in [-0.2, -0.15) is 0 Å². The summed E-state index contributed by atoms with van der Waals surface area (Å²) < 4.78 is 23.9. The van der Waals surface area contributed by atoms with Crippen LogP contribution < -0.4 is 4.72 Å². The molecule has 0 rings (SSSR count). The minimum atomic E-state index is -3.00. The van der Waals surface area contributed by atoms with E-state index in [-0.39, 0.29) is 6.04 Å². The van der Waals surface area contributed by atoms with Crippen LogP contribution in [0.4, 0.5) is 0 Å². The molecule has 0 saturated heterocycles. The highest BCUT2D eigenvalue weighted by Gasteiger charge is 2.06. The van der Waals surface area contributed by atoms with E-state index < -0.39 is 10.0 Å². The monoisotopic (exact) mass is 179 g/mol. The van der Waals surface area contributed by atoms with Crippen molar-refractivity contribution in [1.82, 2.24) is 4.72 Å². The van der Waals surface area contributed by atoms with Gasteiger partial charge < -0.3 is 0 Å². The van der Waals surface area contributed by atoms with Crippen LogP contribution >= 0.6 is 0 Å². The lowest BCUT2D eigenvalue weighted by Gasteiger charge is -2.10. The maximum Gasteiger partial charge on any atom is 0.208 e. The molecule has 0 bridgehead atoms. The van der Waals surface area contributed by atoms with Crippen LogP contribution in [0.15, 0.2) is 0 Å². The molecule has 0 heterocycles. The average molecular weight is 179 g/mol. The molecule has 68 valence electrons. The van der Waals surface area contributed by atoms with Gasteiger partial charge in [0, 0.05) is 6.04 Å². The second kappa shape index (κ2) is 4.72. The van der Waals surface area contributed by atoms with E-state index in [9.17, 15) is 8.42 Å². The minimum absolute atomic E-state index is 0.0740. The Morgan fingerprint density at radius 2 is 2.00 bits per heavy atom. The molecule has 1 N–H and O–H groups in total. The molecule has 1 unspecified atom stereocenters. The lowest BCUT2D eigenvalue weighted by molar-refractivity contribution is 0.538. The second-order valence-corrected chi connectivity index (χ2v) is 4.71. The van der Waals surface area contributed by atoms with Crippen LogP contribution in [0.1, 0.15) is 33.1 Å². The summed E-state index contributed by atoms with van der Waals surface area (Å²) in [5, 5.41) is 0. The highest BCUT2D eigenvalue weighted by molar-refractivity contribution is 7.88. The van der Waals surface area contributed by atoms with Crippen LogP contribution in [0.2, 0.25) is 0 Å². The fraction of sp³-hybridized carbons (Fsp3) is 1.00. The van der Waals surface area contributed by atoms with Crippen LogP contribution in [0.5, 0.6) is 0 Å². The minimum Gasteiger partial charge on any atom is -0.213 e. The number of rotatable bonds is 5. The summed E-state index contributed by atoms with van der Waals surface area (Å²) in [6, 6.07) is 0.0740. The molecule has 0 aliphatic heterocycles. The zero-order valence-corrected chi connectivity index (χ0v) is 8.24. The van der Waals surface area contributed by atoms with E-state index in [1.165, 1.54) is 6.26 Å². The summed E-state index contributed by atoms with van der Waals surface area (Å²) in [7, 11) is -3.00. The quantitative estimate of drug-likeness (QED) is 0.687. The summed E-state index contributed by atoms with van der Waals surface area (Å²) in [4.78, 5) is 0. The largest absolute Gasteiger partial charge is 0.213 e. The van der Waals surface area contributed by atoms with Gasteiger partial charge in [-0.25, -0.2) is 13.1 Å². The first-order valence-electron chi connectivity index (χ1n) is 3.93. The van der Waals surface area contributed by atoms with Crippen molar-refractivity contribution in [3.63, 3.8) is 0 Å². The molecule has 11 heavy (non-hydrogen) atoms. The summed E-state index contributed by atoms with van der Waals surface area (Å²) in [5.74, 6) is 0. The SMILES string of the molecule is CCCCC(C)NS(C)(=O)=O. The van der Waals surface area contributed by atoms with Crippen LogP contribution in [0, 0.1) is 0 Å². The lowest BCUT2D eigenvalue weighted by atomic mass is 10.2. The first-order valence-corrected chi connectivity index (χ1v) is 5.82. The van der Waals surface area contributed by atoms with Crippen molar-refractivity contribution in [2.24, 2.45) is 0 Å². The van der Waals surface area contributed by atoms with Crippen molar-refractivity contribution in [3.8, 4) is 0 Å². The van der Waals surface area contributed by atoms with Gasteiger partial charge in [0.2, 0.25) is 10.0 Å². The van der Waals surface area contributed by atoms with Gasteiger partial charge in [0.05, 0.1) is 6.26 Å². The van der Waals surface area contributed by atoms with Crippen LogP contribution in [-0.2, 0) is 10.0 Å². The number of hydrogen-bond donors (Lipinski definition) is 1. The summed E-state index contributed by atoms with van der Waals surface area (Å²) >= 11 is 0. The molecular formula is C7H17NO2S. The molecule has 0 saturated carbocycles. The van der Waals surface area contributed by atoms with E-state index in [0.717, 1.165) is 19.3 Å². The van der Waals surface area contributed by atoms with Gasteiger partial charge >= 0.3 is 0 Å². The molecule has 0 aromatic heterocycles. The lowest BCUT2D eigenvalue weighted by Crippen LogP contribution is -2.31. The van der Waals surface area contributed by atoms with Crippen molar-refractivity contribution in [1.29, 1.82) is 0 Å². The van der Waals surface area contributed by atoms with Crippen LogP contribution in [0.25, 0.3) is 0 Å². The Balaban J connectivity index is 3.61. The van der Waals surface area contributed by atoms with E-state index >= 15 is 0 Å². The molecule has 0 amide bonds. The zero-order valence-electron chi connectivity index (χ0n) is 7.42. The van der Waals surface area contributed by atoms with E-state index in [4.69, 9.17) is 0 Å². The molecule has 0 aliphatic rings. The average Bonchev–Trinajstić information content (AvgIpc) is 1.79. The number of unbranched alkanes of at least 4 members (excludes halogenated alkanes) is 1. The Morgan fingerprint density at radius 3 is 2.36 bits per heavy atom. The third-order valence-corrected chi connectivity index (χ3v) is 2.24. The molecule has 0 aromatic carbocycles. The molecule has 4 heteroatoms. The fourth-order valence-corrected chi connectivity index (χ4v) is 1.78. The number of hydrogen-bond acceptors (Lipinski definition) is 2. The fourth-order valence-electron chi connectivity index (χ4n) is 0.935. The standard InChI is InChI=1S/C7H17NO2S/c1-4-5-6-7(2)8-11(3,9)10/h7-8H,4-6H2,1-3H3. The van der Waals surface area contributed by atoms with Crippen LogP contribution in [-0.4, -0.2) is 20.7 Å². The molecule has 0 fully saturated rings. The number of nitrogens with one attached hydrogen (secondary N) is 1. The molecule has 1 atom stereocenters.